The highest BCUT2D eigenvalue weighted by molar-refractivity contribution is 5.85. The molecule has 4 nitrogen and oxygen atoms in total. The lowest BCUT2D eigenvalue weighted by Crippen LogP contribution is -2.29. The molecule has 0 saturated heterocycles. The Labute approximate surface area is 149 Å². The first-order valence-electron chi connectivity index (χ1n) is 7.96. The van der Waals surface area contributed by atoms with Crippen LogP contribution in [0.2, 0.25) is 0 Å². The number of benzene rings is 2. The molecule has 0 radical (unpaired) electrons. The Morgan fingerprint density at radius 1 is 1.12 bits per heavy atom. The minimum Gasteiger partial charge on any atom is -0.492 e. The van der Waals surface area contributed by atoms with Gasteiger partial charge in [-0.05, 0) is 25.0 Å². The van der Waals surface area contributed by atoms with Crippen molar-refractivity contribution in [1.82, 2.24) is 5.32 Å². The molecule has 0 aliphatic heterocycles. The van der Waals surface area contributed by atoms with Gasteiger partial charge in [0.1, 0.15) is 5.75 Å². The van der Waals surface area contributed by atoms with Crippen molar-refractivity contribution >= 4 is 18.3 Å². The Morgan fingerprint density at radius 2 is 1.79 bits per heavy atom. The number of nitrogens with two attached hydrogens (primary N) is 1. The molecule has 0 bridgehead atoms. The molecule has 1 amide bonds. The van der Waals surface area contributed by atoms with Gasteiger partial charge >= 0.3 is 0 Å². The van der Waals surface area contributed by atoms with Gasteiger partial charge in [-0.15, -0.1) is 12.4 Å². The Hall–Kier alpha value is -2.04. The molecule has 3 N–H and O–H groups in total. The maximum absolute atomic E-state index is 11.7. The number of carbonyl (C=O) groups excluding carboxylic acids is 1. The summed E-state index contributed by atoms with van der Waals surface area (Å²) in [5.74, 6) is 0.782. The van der Waals surface area contributed by atoms with Crippen LogP contribution in [0.3, 0.4) is 0 Å². The molecule has 1 unspecified atom stereocenters. The first kappa shape index (κ1) is 20.0. The first-order chi connectivity index (χ1) is 11.2. The van der Waals surface area contributed by atoms with Gasteiger partial charge in [-0.25, -0.2) is 0 Å². The minimum atomic E-state index is -0.0113. The number of nitrogens with one attached hydrogen (secondary N) is 1. The van der Waals surface area contributed by atoms with Gasteiger partial charge in [-0.3, -0.25) is 4.79 Å². The topological polar surface area (TPSA) is 64.3 Å². The van der Waals surface area contributed by atoms with E-state index in [-0.39, 0.29) is 24.4 Å². The lowest BCUT2D eigenvalue weighted by Gasteiger charge is -2.12. The van der Waals surface area contributed by atoms with Gasteiger partial charge < -0.3 is 15.8 Å². The number of ether oxygens (including phenoxy) is 1. The molecule has 2 rings (SSSR count). The molecule has 1 atom stereocenters. The molecule has 5 heteroatoms. The van der Waals surface area contributed by atoms with Gasteiger partial charge in [-0.2, -0.15) is 0 Å². The lowest BCUT2D eigenvalue weighted by molar-refractivity contribution is -0.121. The zero-order valence-corrected chi connectivity index (χ0v) is 14.7. The van der Waals surface area contributed by atoms with E-state index in [4.69, 9.17) is 10.5 Å². The van der Waals surface area contributed by atoms with Crippen LogP contribution in [0.1, 0.15) is 19.8 Å². The standard InChI is InChI=1S/C19H24N2O2.ClH/c1-15(20)11-13-21-19(22)12-14-23-18-10-6-5-9-17(18)16-7-3-2-4-8-16;/h2-10,15H,11-14,20H2,1H3,(H,21,22);1H. The first-order valence-corrected chi connectivity index (χ1v) is 7.96. The average Bonchev–Trinajstić information content (AvgIpc) is 2.56. The maximum atomic E-state index is 11.7. The summed E-state index contributed by atoms with van der Waals surface area (Å²) in [6, 6.07) is 18.0. The second-order valence-electron chi connectivity index (χ2n) is 5.58. The molecule has 2 aromatic carbocycles. The van der Waals surface area contributed by atoms with E-state index in [1.54, 1.807) is 0 Å². The molecule has 24 heavy (non-hydrogen) atoms. The van der Waals surface area contributed by atoms with Crippen LogP contribution in [0.25, 0.3) is 11.1 Å². The van der Waals surface area contributed by atoms with Gasteiger partial charge in [0.25, 0.3) is 0 Å². The molecular weight excluding hydrogens is 324 g/mol. The Kier molecular flexibility index (Phi) is 8.90. The Balaban J connectivity index is 0.00000288. The van der Waals surface area contributed by atoms with Crippen molar-refractivity contribution in [3.05, 3.63) is 54.6 Å². The van der Waals surface area contributed by atoms with E-state index in [9.17, 15) is 4.79 Å². The highest BCUT2D eigenvalue weighted by atomic mass is 35.5. The molecular formula is C19H25ClN2O2. The molecule has 0 saturated carbocycles. The SMILES string of the molecule is CC(N)CCNC(=O)CCOc1ccccc1-c1ccccc1.Cl. The van der Waals surface area contributed by atoms with E-state index in [0.29, 0.717) is 19.6 Å². The predicted octanol–water partition coefficient (Wildman–Crippen LogP) is 3.40. The van der Waals surface area contributed by atoms with Crippen LogP contribution in [0, 0.1) is 0 Å². The number of amides is 1. The second kappa shape index (κ2) is 10.7. The van der Waals surface area contributed by atoms with Gasteiger partial charge in [0.15, 0.2) is 0 Å². The molecule has 0 heterocycles. The van der Waals surface area contributed by atoms with Crippen molar-refractivity contribution in [2.24, 2.45) is 5.73 Å². The summed E-state index contributed by atoms with van der Waals surface area (Å²) in [5.41, 5.74) is 7.78. The van der Waals surface area contributed by atoms with E-state index >= 15 is 0 Å². The highest BCUT2D eigenvalue weighted by Crippen LogP contribution is 2.29. The van der Waals surface area contributed by atoms with E-state index in [2.05, 4.69) is 5.32 Å². The summed E-state index contributed by atoms with van der Waals surface area (Å²) < 4.78 is 5.80. The van der Waals surface area contributed by atoms with Crippen LogP contribution in [0.5, 0.6) is 5.75 Å². The number of halogens is 1. The van der Waals surface area contributed by atoms with E-state index in [0.717, 1.165) is 23.3 Å². The highest BCUT2D eigenvalue weighted by Gasteiger charge is 2.07. The summed E-state index contributed by atoms with van der Waals surface area (Å²) in [4.78, 5) is 11.7. The fourth-order valence-electron chi connectivity index (χ4n) is 2.23. The van der Waals surface area contributed by atoms with Crippen LogP contribution >= 0.6 is 12.4 Å². The molecule has 0 aliphatic carbocycles. The van der Waals surface area contributed by atoms with Crippen LogP contribution in [-0.2, 0) is 4.79 Å². The molecule has 130 valence electrons. The fraction of sp³-hybridized carbons (Fsp3) is 0.316. The molecule has 0 fully saturated rings. The van der Waals surface area contributed by atoms with Crippen molar-refractivity contribution < 1.29 is 9.53 Å². The number of para-hydroxylation sites is 1. The van der Waals surface area contributed by atoms with Crippen molar-refractivity contribution in [3.63, 3.8) is 0 Å². The number of hydrogen-bond donors (Lipinski definition) is 2. The van der Waals surface area contributed by atoms with E-state index in [1.807, 2.05) is 61.5 Å². The quantitative estimate of drug-likeness (QED) is 0.768. The number of hydrogen-bond acceptors (Lipinski definition) is 3. The molecule has 2 aromatic rings. The van der Waals surface area contributed by atoms with Gasteiger partial charge in [0.05, 0.1) is 13.0 Å². The Morgan fingerprint density at radius 3 is 2.50 bits per heavy atom. The van der Waals surface area contributed by atoms with Crippen molar-refractivity contribution in [1.29, 1.82) is 0 Å². The normalized spacial score (nSPS) is 11.2. The van der Waals surface area contributed by atoms with Crippen LogP contribution in [-0.4, -0.2) is 25.1 Å². The third kappa shape index (κ3) is 6.60. The van der Waals surface area contributed by atoms with Gasteiger partial charge in [0.2, 0.25) is 5.91 Å². The van der Waals surface area contributed by atoms with Crippen molar-refractivity contribution in [3.8, 4) is 16.9 Å². The zero-order chi connectivity index (χ0) is 16.5. The summed E-state index contributed by atoms with van der Waals surface area (Å²) >= 11 is 0. The molecule has 0 aromatic heterocycles. The third-order valence-corrected chi connectivity index (χ3v) is 3.48. The van der Waals surface area contributed by atoms with Gasteiger partial charge in [-0.1, -0.05) is 48.5 Å². The fourth-order valence-corrected chi connectivity index (χ4v) is 2.23. The average molecular weight is 349 g/mol. The summed E-state index contributed by atoms with van der Waals surface area (Å²) in [5, 5.41) is 2.85. The minimum absolute atomic E-state index is 0. The third-order valence-electron chi connectivity index (χ3n) is 3.48. The largest absolute Gasteiger partial charge is 0.492 e. The van der Waals surface area contributed by atoms with E-state index in [1.165, 1.54) is 0 Å². The number of carbonyl (C=O) groups is 1. The van der Waals surface area contributed by atoms with E-state index < -0.39 is 0 Å². The summed E-state index contributed by atoms with van der Waals surface area (Å²) in [6.07, 6.45) is 1.12. The maximum Gasteiger partial charge on any atom is 0.223 e. The monoisotopic (exact) mass is 348 g/mol. The predicted molar refractivity (Wildman–Crippen MR) is 101 cm³/mol. The zero-order valence-electron chi connectivity index (χ0n) is 13.9. The van der Waals surface area contributed by atoms with Crippen LogP contribution in [0.15, 0.2) is 54.6 Å². The van der Waals surface area contributed by atoms with Crippen LogP contribution in [0.4, 0.5) is 0 Å². The second-order valence-corrected chi connectivity index (χ2v) is 5.58. The van der Waals surface area contributed by atoms with Crippen LogP contribution < -0.4 is 15.8 Å². The van der Waals surface area contributed by atoms with Crippen molar-refractivity contribution in [2.45, 2.75) is 25.8 Å². The molecule has 0 spiro atoms. The lowest BCUT2D eigenvalue weighted by atomic mass is 10.1. The smallest absolute Gasteiger partial charge is 0.223 e. The molecule has 0 aliphatic rings. The Bertz CT molecular complexity index is 618. The summed E-state index contributed by atoms with van der Waals surface area (Å²) in [7, 11) is 0. The number of rotatable bonds is 8. The van der Waals surface area contributed by atoms with Crippen molar-refractivity contribution in [2.75, 3.05) is 13.2 Å². The summed E-state index contributed by atoms with van der Waals surface area (Å²) in [6.45, 7) is 2.89. The van der Waals surface area contributed by atoms with Gasteiger partial charge in [0, 0.05) is 18.2 Å².